The van der Waals surface area contributed by atoms with E-state index in [4.69, 9.17) is 18.7 Å². The zero-order valence-corrected chi connectivity index (χ0v) is 19.1. The number of nitrogens with one attached hydrogen (secondary N) is 1. The summed E-state index contributed by atoms with van der Waals surface area (Å²) in [5.41, 5.74) is 5.23. The van der Waals surface area contributed by atoms with Crippen LogP contribution in [0, 0.1) is 6.92 Å². The van der Waals surface area contributed by atoms with Gasteiger partial charge in [0.1, 0.15) is 17.2 Å². The molecular formula is C26H26N2O5. The van der Waals surface area contributed by atoms with Crippen LogP contribution in [0.15, 0.2) is 58.3 Å². The molecule has 2 aromatic carbocycles. The second-order valence-corrected chi connectivity index (χ2v) is 8.37. The predicted octanol–water partition coefficient (Wildman–Crippen LogP) is 4.97. The minimum atomic E-state index is -0.326. The molecule has 1 N–H and O–H groups in total. The SMILES string of the molecule is COc1ccc([C@H]2CC(=O)C3=C(C2)Nc2onc(C)c2[C@@H]3c2ccc(OC)cc2OC)cc1. The zero-order valence-electron chi connectivity index (χ0n) is 19.1. The first-order valence-electron chi connectivity index (χ1n) is 10.9. The number of fused-ring (bicyclic) bond motifs is 1. The molecule has 1 aliphatic carbocycles. The first kappa shape index (κ1) is 21.1. The van der Waals surface area contributed by atoms with Gasteiger partial charge in [-0.05, 0) is 43.0 Å². The lowest BCUT2D eigenvalue weighted by Gasteiger charge is -2.35. The number of aryl methyl sites for hydroxylation is 1. The van der Waals surface area contributed by atoms with Crippen LogP contribution in [0.3, 0.4) is 0 Å². The second-order valence-electron chi connectivity index (χ2n) is 8.37. The van der Waals surface area contributed by atoms with Crippen molar-refractivity contribution in [2.75, 3.05) is 26.6 Å². The van der Waals surface area contributed by atoms with Gasteiger partial charge in [-0.25, -0.2) is 0 Å². The molecule has 3 aromatic rings. The average molecular weight is 447 g/mol. The number of anilines is 1. The third kappa shape index (κ3) is 3.53. The molecule has 2 atom stereocenters. The van der Waals surface area contributed by atoms with Crippen LogP contribution in [-0.4, -0.2) is 32.3 Å². The van der Waals surface area contributed by atoms with Gasteiger partial charge in [-0.3, -0.25) is 4.79 Å². The van der Waals surface area contributed by atoms with Crippen molar-refractivity contribution in [3.05, 3.63) is 76.1 Å². The van der Waals surface area contributed by atoms with Gasteiger partial charge in [-0.15, -0.1) is 0 Å². The van der Waals surface area contributed by atoms with Gasteiger partial charge in [0.15, 0.2) is 5.78 Å². The van der Waals surface area contributed by atoms with E-state index in [-0.39, 0.29) is 17.6 Å². The van der Waals surface area contributed by atoms with E-state index in [0.29, 0.717) is 30.2 Å². The number of carbonyl (C=O) groups excluding carboxylic acids is 1. The summed E-state index contributed by atoms with van der Waals surface area (Å²) < 4.78 is 22.0. The zero-order chi connectivity index (χ0) is 23.1. The molecule has 2 heterocycles. The number of aromatic nitrogens is 1. The number of rotatable bonds is 5. The summed E-state index contributed by atoms with van der Waals surface area (Å²) in [4.78, 5) is 13.6. The van der Waals surface area contributed by atoms with E-state index in [2.05, 4.69) is 10.5 Å². The standard InChI is InChI=1S/C26H26N2O5/c1-14-23-24(19-10-9-18(31-3)13-22(19)32-4)25-20(27-26(23)33-28-14)11-16(12-21(25)29)15-5-7-17(30-2)8-6-15/h5-10,13,16,24,27H,11-12H2,1-4H3/t16-,24+/m1/s1. The van der Waals surface area contributed by atoms with Gasteiger partial charge in [-0.1, -0.05) is 23.4 Å². The number of nitrogens with zero attached hydrogens (tertiary/aromatic N) is 1. The first-order valence-corrected chi connectivity index (χ1v) is 10.9. The Bertz CT molecular complexity index is 1240. The minimum Gasteiger partial charge on any atom is -0.497 e. The summed E-state index contributed by atoms with van der Waals surface area (Å²) >= 11 is 0. The molecule has 0 radical (unpaired) electrons. The Morgan fingerprint density at radius 2 is 1.70 bits per heavy atom. The largest absolute Gasteiger partial charge is 0.497 e. The van der Waals surface area contributed by atoms with Gasteiger partial charge in [-0.2, -0.15) is 0 Å². The lowest BCUT2D eigenvalue weighted by Crippen LogP contribution is -2.29. The Morgan fingerprint density at radius 3 is 2.39 bits per heavy atom. The van der Waals surface area contributed by atoms with Crippen LogP contribution in [0.25, 0.3) is 0 Å². The third-order valence-electron chi connectivity index (χ3n) is 6.60. The Morgan fingerprint density at radius 1 is 0.970 bits per heavy atom. The molecule has 2 aliphatic rings. The van der Waals surface area contributed by atoms with Gasteiger partial charge in [0.25, 0.3) is 0 Å². The normalized spacial score (nSPS) is 19.5. The minimum absolute atomic E-state index is 0.0682. The number of ketones is 1. The molecule has 0 fully saturated rings. The van der Waals surface area contributed by atoms with Gasteiger partial charge < -0.3 is 24.1 Å². The fraction of sp³-hybridized carbons (Fsp3) is 0.308. The highest BCUT2D eigenvalue weighted by Gasteiger charge is 2.42. The van der Waals surface area contributed by atoms with E-state index in [0.717, 1.165) is 39.4 Å². The van der Waals surface area contributed by atoms with E-state index in [1.54, 1.807) is 21.3 Å². The van der Waals surface area contributed by atoms with Crippen molar-refractivity contribution < 1.29 is 23.5 Å². The molecule has 1 aliphatic heterocycles. The number of methoxy groups -OCH3 is 3. The topological polar surface area (TPSA) is 82.8 Å². The van der Waals surface area contributed by atoms with Crippen LogP contribution < -0.4 is 19.5 Å². The summed E-state index contributed by atoms with van der Waals surface area (Å²) in [5, 5.41) is 7.56. The Hall–Kier alpha value is -3.74. The van der Waals surface area contributed by atoms with Crippen LogP contribution in [-0.2, 0) is 4.79 Å². The predicted molar refractivity (Wildman–Crippen MR) is 123 cm³/mol. The summed E-state index contributed by atoms with van der Waals surface area (Å²) in [5.74, 6) is 2.58. The number of allylic oxidation sites excluding steroid dienone is 2. The van der Waals surface area contributed by atoms with E-state index in [9.17, 15) is 4.79 Å². The maximum Gasteiger partial charge on any atom is 0.233 e. The van der Waals surface area contributed by atoms with E-state index < -0.39 is 0 Å². The molecule has 0 saturated heterocycles. The number of hydrogen-bond donors (Lipinski definition) is 1. The molecule has 7 heteroatoms. The summed E-state index contributed by atoms with van der Waals surface area (Å²) in [7, 11) is 4.89. The van der Waals surface area contributed by atoms with E-state index in [1.165, 1.54) is 0 Å². The van der Waals surface area contributed by atoms with Gasteiger partial charge in [0.2, 0.25) is 5.88 Å². The number of ether oxygens (including phenoxy) is 3. The highest BCUT2D eigenvalue weighted by Crippen LogP contribution is 2.51. The van der Waals surface area contributed by atoms with Crippen molar-refractivity contribution in [3.63, 3.8) is 0 Å². The Labute approximate surface area is 192 Å². The summed E-state index contributed by atoms with van der Waals surface area (Å²) in [6, 6.07) is 13.6. The highest BCUT2D eigenvalue weighted by atomic mass is 16.5. The van der Waals surface area contributed by atoms with Crippen LogP contribution in [0.1, 0.15) is 47.1 Å². The smallest absolute Gasteiger partial charge is 0.233 e. The fourth-order valence-corrected chi connectivity index (χ4v) is 4.95. The van der Waals surface area contributed by atoms with Gasteiger partial charge >= 0.3 is 0 Å². The Kier molecular flexibility index (Phi) is 5.32. The van der Waals surface area contributed by atoms with E-state index >= 15 is 0 Å². The Balaban J connectivity index is 1.61. The number of benzene rings is 2. The third-order valence-corrected chi connectivity index (χ3v) is 6.60. The highest BCUT2D eigenvalue weighted by molar-refractivity contribution is 6.01. The number of carbonyl (C=O) groups is 1. The van der Waals surface area contributed by atoms with Crippen molar-refractivity contribution in [3.8, 4) is 17.2 Å². The van der Waals surface area contributed by atoms with Gasteiger partial charge in [0.05, 0.1) is 38.5 Å². The molecule has 0 amide bonds. The molecule has 0 saturated carbocycles. The molecule has 7 nitrogen and oxygen atoms in total. The number of Topliss-reactive ketones (excluding diaryl/α,β-unsaturated/α-hetero) is 1. The molecule has 33 heavy (non-hydrogen) atoms. The fourth-order valence-electron chi connectivity index (χ4n) is 4.95. The summed E-state index contributed by atoms with van der Waals surface area (Å²) in [6.45, 7) is 1.89. The molecular weight excluding hydrogens is 420 g/mol. The quantitative estimate of drug-likeness (QED) is 0.593. The van der Waals surface area contributed by atoms with Crippen molar-refractivity contribution in [1.82, 2.24) is 5.16 Å². The van der Waals surface area contributed by atoms with E-state index in [1.807, 2.05) is 49.4 Å². The van der Waals surface area contributed by atoms with Crippen LogP contribution in [0.2, 0.25) is 0 Å². The second kappa shape index (κ2) is 8.31. The lowest BCUT2D eigenvalue weighted by atomic mass is 9.72. The molecule has 0 bridgehead atoms. The maximum atomic E-state index is 13.6. The van der Waals surface area contributed by atoms with Crippen LogP contribution in [0.4, 0.5) is 5.88 Å². The monoisotopic (exact) mass is 446 g/mol. The molecule has 0 unspecified atom stereocenters. The first-order chi connectivity index (χ1) is 16.0. The molecule has 1 aromatic heterocycles. The van der Waals surface area contributed by atoms with Crippen molar-refractivity contribution in [1.29, 1.82) is 0 Å². The number of hydrogen-bond acceptors (Lipinski definition) is 7. The van der Waals surface area contributed by atoms with Gasteiger partial charge in [0, 0.05) is 29.3 Å². The van der Waals surface area contributed by atoms with Crippen molar-refractivity contribution >= 4 is 11.7 Å². The van der Waals surface area contributed by atoms with Crippen LogP contribution >= 0.6 is 0 Å². The lowest BCUT2D eigenvalue weighted by molar-refractivity contribution is -0.116. The van der Waals surface area contributed by atoms with Crippen LogP contribution in [0.5, 0.6) is 17.2 Å². The molecule has 170 valence electrons. The van der Waals surface area contributed by atoms with Crippen molar-refractivity contribution in [2.45, 2.75) is 31.6 Å². The molecule has 5 rings (SSSR count). The molecule has 0 spiro atoms. The average Bonchev–Trinajstić information content (AvgIpc) is 3.22. The maximum absolute atomic E-state index is 13.6. The van der Waals surface area contributed by atoms with Crippen molar-refractivity contribution in [2.24, 2.45) is 0 Å². The summed E-state index contributed by atoms with van der Waals surface area (Å²) in [6.07, 6.45) is 1.13.